The van der Waals surface area contributed by atoms with E-state index >= 15 is 0 Å². The van der Waals surface area contributed by atoms with Gasteiger partial charge in [0.2, 0.25) is 6.08 Å². The fourth-order valence-corrected chi connectivity index (χ4v) is 0. The van der Waals surface area contributed by atoms with Crippen molar-refractivity contribution in [1.29, 1.82) is 0 Å². The molecule has 0 unspecified atom stereocenters. The zero-order valence-electron chi connectivity index (χ0n) is 1.73. The van der Waals surface area contributed by atoms with Gasteiger partial charge in [-0.3, -0.25) is 0 Å². The molecule has 0 spiro atoms. The Bertz CT molecular complexity index is 49.6. The summed E-state index contributed by atoms with van der Waals surface area (Å²) in [5.41, 5.74) is 0. The molecule has 0 heterocycles. The summed E-state index contributed by atoms with van der Waals surface area (Å²) in [5.74, 6) is 0. The van der Waals surface area contributed by atoms with Crippen LogP contribution in [0.4, 0.5) is 0 Å². The maximum absolute atomic E-state index is 8.84. The van der Waals surface area contributed by atoms with Crippen molar-refractivity contribution in [3.05, 3.63) is 0 Å². The van der Waals surface area contributed by atoms with E-state index in [1.165, 1.54) is 6.08 Å². The van der Waals surface area contributed by atoms with Gasteiger partial charge < -0.3 is 0 Å². The third kappa shape index (κ3) is 11.5. The van der Waals surface area contributed by atoms with Crippen LogP contribution >= 0.6 is 16.1 Å². The predicted octanol–water partition coefficient (Wildman–Crippen LogP) is -0.0164. The van der Waals surface area contributed by atoms with Crippen molar-refractivity contribution in [2.75, 3.05) is 0 Å². The monoisotopic (exact) mass is 145 g/mol. The molecule has 0 saturated heterocycles. The van der Waals surface area contributed by atoms with Gasteiger partial charge in [0.15, 0.2) is 0 Å². The van der Waals surface area contributed by atoms with Crippen molar-refractivity contribution in [3.8, 4) is 0 Å². The zero-order chi connectivity index (χ0) is 3.41. The van der Waals surface area contributed by atoms with Gasteiger partial charge in [0.1, 0.15) is 0 Å². The Morgan fingerprint density at radius 3 is 2.00 bits per heavy atom. The van der Waals surface area contributed by atoms with E-state index in [1.54, 1.807) is 0 Å². The van der Waals surface area contributed by atoms with Crippen LogP contribution in [0, 0.1) is 0 Å². The van der Waals surface area contributed by atoms with Crippen molar-refractivity contribution < 1.29 is 4.79 Å². The second-order valence-electron chi connectivity index (χ2n) is 0.176. The van der Waals surface area contributed by atoms with Crippen LogP contribution in [0.3, 0.4) is 0 Å². The van der Waals surface area contributed by atoms with Gasteiger partial charge in [-0.15, -0.1) is 4.02 Å². The van der Waals surface area contributed by atoms with Gasteiger partial charge in [-0.2, -0.15) is 0 Å². The first-order chi connectivity index (χ1) is 1.91. The van der Waals surface area contributed by atoms with Crippen molar-refractivity contribution >= 4 is 51.8 Å². The molecule has 0 N–H and O–H groups in total. The molecule has 0 aliphatic heterocycles. The Balaban J connectivity index is 0. The number of halogens is 1. The molecule has 2 nitrogen and oxygen atoms in total. The van der Waals surface area contributed by atoms with Gasteiger partial charge in [-0.1, -0.05) is 0 Å². The number of hydrogen-bond donors (Lipinski definition) is 0. The minimum atomic E-state index is 0. The summed E-state index contributed by atoms with van der Waals surface area (Å²) in [6.45, 7) is 0. The third-order valence-corrected chi connectivity index (χ3v) is 0.179. The Hall–Kier alpha value is 0.860. The van der Waals surface area contributed by atoms with Crippen molar-refractivity contribution in [3.63, 3.8) is 0 Å². The number of isocyanates is 1. The van der Waals surface area contributed by atoms with Gasteiger partial charge in [0.25, 0.3) is 0 Å². The molecule has 0 atom stereocenters. The van der Waals surface area contributed by atoms with Crippen LogP contribution in [-0.2, 0) is 4.79 Å². The predicted molar refractivity (Wildman–Crippen MR) is 24.2 cm³/mol. The summed E-state index contributed by atoms with van der Waals surface area (Å²) in [7, 11) is 0. The number of carbonyl (C=O) groups excluding carboxylic acids is 1. The normalized spacial score (nSPS) is 3.40. The first-order valence-electron chi connectivity index (χ1n) is 0.597. The first kappa shape index (κ1) is 9.29. The van der Waals surface area contributed by atoms with Gasteiger partial charge in [0, 0.05) is 0 Å². The van der Waals surface area contributed by atoms with Crippen molar-refractivity contribution in [1.82, 2.24) is 0 Å². The van der Waals surface area contributed by atoms with Gasteiger partial charge in [-0.25, -0.2) is 4.79 Å². The van der Waals surface area contributed by atoms with E-state index in [0.29, 0.717) is 0 Å². The topological polar surface area (TPSA) is 29.4 Å². The van der Waals surface area contributed by atoms with Gasteiger partial charge in [0.05, 0.1) is 16.1 Å². The number of nitrogens with zero attached hydrogens (tertiary/aromatic N) is 1. The van der Waals surface area contributed by atoms with E-state index in [-0.39, 0.29) is 29.6 Å². The van der Waals surface area contributed by atoms with Crippen molar-refractivity contribution in [2.45, 2.75) is 0 Å². The maximum atomic E-state index is 8.84. The molecule has 24 valence electrons. The summed E-state index contributed by atoms with van der Waals surface area (Å²) in [6, 6.07) is 0. The number of hydrogen-bond acceptors (Lipinski definition) is 2. The van der Waals surface area contributed by atoms with Crippen LogP contribution in [-0.4, -0.2) is 35.6 Å². The molecule has 0 bridgehead atoms. The molecule has 0 fully saturated rings. The molecule has 0 amide bonds. The molecule has 0 aliphatic rings. The summed E-state index contributed by atoms with van der Waals surface area (Å²) in [6.07, 6.45) is 1.22. The fraction of sp³-hybridized carbons (Fsp3) is 0. The Morgan fingerprint density at radius 2 is 2.00 bits per heavy atom. The Labute approximate surface area is 60.3 Å². The minimum absolute atomic E-state index is 0. The average molecular weight is 146 g/mol. The molecular formula is CHBrNNaO. The van der Waals surface area contributed by atoms with Crippen LogP contribution in [0.15, 0.2) is 4.02 Å². The molecule has 0 aromatic rings. The molecule has 0 radical (unpaired) electrons. The molecule has 5 heavy (non-hydrogen) atoms. The molecule has 4 heteroatoms. The van der Waals surface area contributed by atoms with E-state index in [9.17, 15) is 0 Å². The van der Waals surface area contributed by atoms with E-state index in [1.807, 2.05) is 0 Å². The van der Waals surface area contributed by atoms with Crippen LogP contribution < -0.4 is 0 Å². The summed E-state index contributed by atoms with van der Waals surface area (Å²) < 4.78 is 2.74. The summed E-state index contributed by atoms with van der Waals surface area (Å²) in [5, 5.41) is 0. The zero-order valence-corrected chi connectivity index (χ0v) is 3.32. The SMILES string of the molecule is O=C=NBr.[NaH]. The average Bonchev–Trinajstić information content (AvgIpc) is 1.37. The van der Waals surface area contributed by atoms with Crippen LogP contribution in [0.1, 0.15) is 0 Å². The summed E-state index contributed by atoms with van der Waals surface area (Å²) in [4.78, 5) is 8.84. The molecule has 0 aromatic heterocycles. The Kier molecular flexibility index (Phi) is 16.4. The standard InChI is InChI=1S/CBrNO.Na.H/c2-3-1-4;;. The van der Waals surface area contributed by atoms with Crippen molar-refractivity contribution in [2.24, 2.45) is 4.02 Å². The third-order valence-electron chi connectivity index (χ3n) is 0.0345. The Morgan fingerprint density at radius 1 is 1.80 bits per heavy atom. The van der Waals surface area contributed by atoms with Crippen LogP contribution in [0.25, 0.3) is 0 Å². The van der Waals surface area contributed by atoms with Crippen LogP contribution in [0.2, 0.25) is 0 Å². The van der Waals surface area contributed by atoms with E-state index < -0.39 is 0 Å². The quantitative estimate of drug-likeness (QED) is 0.268. The molecule has 0 rings (SSSR count). The van der Waals surface area contributed by atoms with E-state index in [4.69, 9.17) is 4.79 Å². The fourth-order valence-electron chi connectivity index (χ4n) is 0. The first-order valence-corrected chi connectivity index (χ1v) is 1.31. The van der Waals surface area contributed by atoms with Crippen LogP contribution in [0.5, 0.6) is 0 Å². The molecule has 0 saturated carbocycles. The molecular weight excluding hydrogens is 145 g/mol. The molecule has 0 aromatic carbocycles. The van der Waals surface area contributed by atoms with E-state index in [0.717, 1.165) is 0 Å². The number of rotatable bonds is 0. The summed E-state index contributed by atoms with van der Waals surface area (Å²) >= 11 is 2.45. The van der Waals surface area contributed by atoms with E-state index in [2.05, 4.69) is 20.2 Å². The molecule has 0 aliphatic carbocycles. The van der Waals surface area contributed by atoms with Gasteiger partial charge >= 0.3 is 29.6 Å². The van der Waals surface area contributed by atoms with Gasteiger partial charge in [-0.05, 0) is 0 Å². The second-order valence-corrected chi connectivity index (χ2v) is 0.530. The second kappa shape index (κ2) is 8.85.